The van der Waals surface area contributed by atoms with Gasteiger partial charge in [-0.25, -0.2) is 4.98 Å². The lowest BCUT2D eigenvalue weighted by atomic mass is 10.3. The molecule has 0 saturated carbocycles. The number of aromatic nitrogens is 3. The van der Waals surface area contributed by atoms with E-state index in [9.17, 15) is 0 Å². The first-order valence-electron chi connectivity index (χ1n) is 6.00. The van der Waals surface area contributed by atoms with Crippen molar-refractivity contribution in [2.45, 2.75) is 27.3 Å². The average molecular weight is 265 g/mol. The van der Waals surface area contributed by atoms with Gasteiger partial charge in [0.1, 0.15) is 5.82 Å². The van der Waals surface area contributed by atoms with E-state index < -0.39 is 0 Å². The number of rotatable bonds is 4. The van der Waals surface area contributed by atoms with E-state index in [4.69, 9.17) is 11.6 Å². The van der Waals surface area contributed by atoms with E-state index in [2.05, 4.69) is 15.4 Å². The number of pyridine rings is 1. The number of nitrogens with one attached hydrogen (secondary N) is 1. The van der Waals surface area contributed by atoms with E-state index >= 15 is 0 Å². The lowest BCUT2D eigenvalue weighted by molar-refractivity contribution is 0.647. The summed E-state index contributed by atoms with van der Waals surface area (Å²) in [6.07, 6.45) is 0. The van der Waals surface area contributed by atoms with Crippen molar-refractivity contribution in [3.8, 4) is 0 Å². The van der Waals surface area contributed by atoms with Gasteiger partial charge in [-0.3, -0.25) is 4.68 Å². The number of anilines is 1. The van der Waals surface area contributed by atoms with Gasteiger partial charge in [0, 0.05) is 12.2 Å². The minimum Gasteiger partial charge on any atom is -0.370 e. The second-order valence-corrected chi connectivity index (χ2v) is 4.65. The summed E-state index contributed by atoms with van der Waals surface area (Å²) in [6.45, 7) is 7.48. The molecule has 2 aromatic heterocycles. The van der Waals surface area contributed by atoms with Crippen molar-refractivity contribution in [2.75, 3.05) is 11.9 Å². The van der Waals surface area contributed by atoms with Crippen LogP contribution in [0.5, 0.6) is 0 Å². The van der Waals surface area contributed by atoms with Gasteiger partial charge in [0.15, 0.2) is 0 Å². The van der Waals surface area contributed by atoms with E-state index in [1.54, 1.807) is 0 Å². The molecule has 0 unspecified atom stereocenters. The van der Waals surface area contributed by atoms with Gasteiger partial charge in [-0.15, -0.1) is 0 Å². The molecular weight excluding hydrogens is 248 g/mol. The topological polar surface area (TPSA) is 42.7 Å². The Morgan fingerprint density at radius 2 is 2.11 bits per heavy atom. The number of hydrogen-bond donors (Lipinski definition) is 1. The maximum atomic E-state index is 6.17. The van der Waals surface area contributed by atoms with Crippen molar-refractivity contribution in [2.24, 2.45) is 0 Å². The molecule has 2 rings (SSSR count). The predicted octanol–water partition coefficient (Wildman–Crippen LogP) is 3.03. The maximum absolute atomic E-state index is 6.17. The highest BCUT2D eigenvalue weighted by molar-refractivity contribution is 6.31. The van der Waals surface area contributed by atoms with Crippen LogP contribution in [0.3, 0.4) is 0 Å². The first-order chi connectivity index (χ1) is 8.60. The van der Waals surface area contributed by atoms with E-state index in [1.807, 2.05) is 43.7 Å². The molecule has 5 heteroatoms. The van der Waals surface area contributed by atoms with Crippen LogP contribution in [0.15, 0.2) is 18.2 Å². The Bertz CT molecular complexity index is 548. The molecule has 0 aliphatic carbocycles. The minimum absolute atomic E-state index is 0.595. The third-order valence-corrected chi connectivity index (χ3v) is 3.02. The number of nitrogens with zero attached hydrogens (tertiary/aromatic N) is 3. The quantitative estimate of drug-likeness (QED) is 0.923. The Labute approximate surface area is 112 Å². The molecule has 0 aromatic carbocycles. The molecule has 0 saturated heterocycles. The first kappa shape index (κ1) is 12.9. The smallest absolute Gasteiger partial charge is 0.126 e. The Morgan fingerprint density at radius 3 is 2.72 bits per heavy atom. The highest BCUT2D eigenvalue weighted by Gasteiger charge is 2.07. The molecule has 0 spiro atoms. The second-order valence-electron chi connectivity index (χ2n) is 4.24. The number of aryl methyl sites for hydroxylation is 2. The van der Waals surface area contributed by atoms with Gasteiger partial charge in [0.05, 0.1) is 23.0 Å². The predicted molar refractivity (Wildman–Crippen MR) is 74.2 cm³/mol. The summed E-state index contributed by atoms with van der Waals surface area (Å²) in [7, 11) is 0. The second kappa shape index (κ2) is 5.40. The fourth-order valence-corrected chi connectivity index (χ4v) is 2.02. The molecule has 2 aromatic rings. The van der Waals surface area contributed by atoms with Crippen LogP contribution >= 0.6 is 11.6 Å². The normalized spacial score (nSPS) is 10.7. The Kier molecular flexibility index (Phi) is 3.87. The standard InChI is InChI=1S/C13H17ClN4/c1-4-15-13-6-5-11(14)12(16-13)8-18-10(3)7-9(2)17-18/h5-7H,4,8H2,1-3H3,(H,15,16). The SMILES string of the molecule is CCNc1ccc(Cl)c(Cn2nc(C)cc2C)n1. The molecule has 0 amide bonds. The van der Waals surface area contributed by atoms with Crippen molar-refractivity contribution in [3.05, 3.63) is 40.3 Å². The Morgan fingerprint density at radius 1 is 1.33 bits per heavy atom. The van der Waals surface area contributed by atoms with Gasteiger partial charge in [-0.2, -0.15) is 5.10 Å². The van der Waals surface area contributed by atoms with Crippen LogP contribution in [0.1, 0.15) is 24.0 Å². The molecule has 1 N–H and O–H groups in total. The molecule has 0 fully saturated rings. The molecule has 96 valence electrons. The summed E-state index contributed by atoms with van der Waals surface area (Å²) in [5, 5.41) is 8.27. The van der Waals surface area contributed by atoms with Gasteiger partial charge < -0.3 is 5.32 Å². The summed E-state index contributed by atoms with van der Waals surface area (Å²) < 4.78 is 1.92. The molecule has 18 heavy (non-hydrogen) atoms. The largest absolute Gasteiger partial charge is 0.370 e. The minimum atomic E-state index is 0.595. The van der Waals surface area contributed by atoms with Gasteiger partial charge in [-0.1, -0.05) is 11.6 Å². The zero-order valence-electron chi connectivity index (χ0n) is 10.9. The van der Waals surface area contributed by atoms with Crippen LogP contribution in [-0.2, 0) is 6.54 Å². The Hall–Kier alpha value is -1.55. The van der Waals surface area contributed by atoms with Gasteiger partial charge in [0.2, 0.25) is 0 Å². The summed E-state index contributed by atoms with van der Waals surface area (Å²) in [4.78, 5) is 4.50. The third kappa shape index (κ3) is 2.82. The monoisotopic (exact) mass is 264 g/mol. The first-order valence-corrected chi connectivity index (χ1v) is 6.38. The molecule has 4 nitrogen and oxygen atoms in total. The Balaban J connectivity index is 2.27. The van der Waals surface area contributed by atoms with Crippen LogP contribution in [0.4, 0.5) is 5.82 Å². The van der Waals surface area contributed by atoms with Crippen molar-refractivity contribution >= 4 is 17.4 Å². The van der Waals surface area contributed by atoms with Crippen LogP contribution < -0.4 is 5.32 Å². The molecular formula is C13H17ClN4. The summed E-state index contributed by atoms with van der Waals surface area (Å²) >= 11 is 6.17. The highest BCUT2D eigenvalue weighted by atomic mass is 35.5. The summed E-state index contributed by atoms with van der Waals surface area (Å²) in [5.74, 6) is 0.846. The van der Waals surface area contributed by atoms with E-state index in [0.717, 1.165) is 29.4 Å². The molecule has 2 heterocycles. The molecule has 0 bridgehead atoms. The average Bonchev–Trinajstić information content (AvgIpc) is 2.62. The zero-order chi connectivity index (χ0) is 13.1. The van der Waals surface area contributed by atoms with Crippen molar-refractivity contribution in [1.82, 2.24) is 14.8 Å². The van der Waals surface area contributed by atoms with Crippen LogP contribution in [-0.4, -0.2) is 21.3 Å². The van der Waals surface area contributed by atoms with Crippen LogP contribution in [0.2, 0.25) is 5.02 Å². The highest BCUT2D eigenvalue weighted by Crippen LogP contribution is 2.18. The van der Waals surface area contributed by atoms with Gasteiger partial charge in [-0.05, 0) is 39.0 Å². The molecule has 0 atom stereocenters. The zero-order valence-corrected chi connectivity index (χ0v) is 11.6. The van der Waals surface area contributed by atoms with E-state index in [0.29, 0.717) is 11.6 Å². The molecule has 0 radical (unpaired) electrons. The van der Waals surface area contributed by atoms with E-state index in [-0.39, 0.29) is 0 Å². The van der Waals surface area contributed by atoms with Crippen molar-refractivity contribution < 1.29 is 0 Å². The molecule has 0 aliphatic rings. The summed E-state index contributed by atoms with van der Waals surface area (Å²) in [5.41, 5.74) is 2.95. The third-order valence-electron chi connectivity index (χ3n) is 2.68. The van der Waals surface area contributed by atoms with Crippen molar-refractivity contribution in [1.29, 1.82) is 0 Å². The van der Waals surface area contributed by atoms with Gasteiger partial charge >= 0.3 is 0 Å². The van der Waals surface area contributed by atoms with E-state index in [1.165, 1.54) is 0 Å². The van der Waals surface area contributed by atoms with Gasteiger partial charge in [0.25, 0.3) is 0 Å². The van der Waals surface area contributed by atoms with Crippen molar-refractivity contribution in [3.63, 3.8) is 0 Å². The summed E-state index contributed by atoms with van der Waals surface area (Å²) in [6, 6.07) is 5.80. The lowest BCUT2D eigenvalue weighted by Gasteiger charge is -2.09. The number of halogens is 1. The lowest BCUT2D eigenvalue weighted by Crippen LogP contribution is -2.08. The fraction of sp³-hybridized carbons (Fsp3) is 0.385. The maximum Gasteiger partial charge on any atom is 0.126 e. The number of hydrogen-bond acceptors (Lipinski definition) is 3. The fourth-order valence-electron chi connectivity index (χ4n) is 1.85. The van der Waals surface area contributed by atoms with Crippen LogP contribution in [0, 0.1) is 13.8 Å². The molecule has 0 aliphatic heterocycles. The van der Waals surface area contributed by atoms with Crippen LogP contribution in [0.25, 0.3) is 0 Å².